The summed E-state index contributed by atoms with van der Waals surface area (Å²) in [5.41, 5.74) is 9.79. The molecule has 0 spiro atoms. The van der Waals surface area contributed by atoms with E-state index in [1.807, 2.05) is 12.1 Å². The molecule has 18 heavy (non-hydrogen) atoms. The summed E-state index contributed by atoms with van der Waals surface area (Å²) in [7, 11) is 1.68. The van der Waals surface area contributed by atoms with Crippen LogP contribution in [0.15, 0.2) is 24.3 Å². The third-order valence-electron chi connectivity index (χ3n) is 2.99. The van der Waals surface area contributed by atoms with Gasteiger partial charge in [0.25, 0.3) is 0 Å². The molecule has 0 aliphatic carbocycles. The molecule has 2 rings (SSSR count). The highest BCUT2D eigenvalue weighted by Crippen LogP contribution is 2.30. The first-order valence-corrected chi connectivity index (χ1v) is 6.20. The van der Waals surface area contributed by atoms with Crippen LogP contribution in [0.5, 0.6) is 5.75 Å². The summed E-state index contributed by atoms with van der Waals surface area (Å²) in [5, 5.41) is 7.34. The summed E-state index contributed by atoms with van der Waals surface area (Å²) in [6.07, 6.45) is 1.81. The van der Waals surface area contributed by atoms with E-state index in [9.17, 15) is 0 Å². The van der Waals surface area contributed by atoms with Crippen LogP contribution in [0.3, 0.4) is 0 Å². The van der Waals surface area contributed by atoms with E-state index in [1.165, 1.54) is 5.56 Å². The Labute approximate surface area is 107 Å². The molecule has 0 aliphatic rings. The van der Waals surface area contributed by atoms with E-state index in [0.717, 1.165) is 35.5 Å². The van der Waals surface area contributed by atoms with Crippen molar-refractivity contribution >= 4 is 0 Å². The zero-order chi connectivity index (χ0) is 13.0. The van der Waals surface area contributed by atoms with Crippen molar-refractivity contribution in [2.45, 2.75) is 19.8 Å². The van der Waals surface area contributed by atoms with Gasteiger partial charge in [0.2, 0.25) is 0 Å². The highest BCUT2D eigenvalue weighted by atomic mass is 16.5. The predicted octanol–water partition coefficient (Wildman–Crippen LogP) is 2.15. The molecule has 4 nitrogen and oxygen atoms in total. The number of hydrogen-bond acceptors (Lipinski definition) is 3. The summed E-state index contributed by atoms with van der Waals surface area (Å²) in [6, 6.07) is 8.23. The molecule has 0 fully saturated rings. The van der Waals surface area contributed by atoms with Gasteiger partial charge in [-0.3, -0.25) is 5.10 Å². The second-order valence-electron chi connectivity index (χ2n) is 4.21. The molecule has 0 saturated carbocycles. The zero-order valence-corrected chi connectivity index (χ0v) is 10.9. The fourth-order valence-corrected chi connectivity index (χ4v) is 1.96. The van der Waals surface area contributed by atoms with Gasteiger partial charge in [-0.25, -0.2) is 0 Å². The van der Waals surface area contributed by atoms with Crippen LogP contribution >= 0.6 is 0 Å². The molecule has 0 unspecified atom stereocenters. The van der Waals surface area contributed by atoms with Gasteiger partial charge in [-0.2, -0.15) is 5.10 Å². The fourth-order valence-electron chi connectivity index (χ4n) is 1.96. The molecule has 3 N–H and O–H groups in total. The van der Waals surface area contributed by atoms with Crippen LogP contribution in [-0.2, 0) is 12.8 Å². The Morgan fingerprint density at radius 3 is 2.83 bits per heavy atom. The molecule has 0 aliphatic heterocycles. The van der Waals surface area contributed by atoms with E-state index in [1.54, 1.807) is 7.11 Å². The standard InChI is InChI=1S/C14H19N3O/c1-3-10-4-5-14(18-2)12(8-10)13-9-11(6-7-15)16-17-13/h4-5,8-9H,3,6-7,15H2,1-2H3,(H,16,17). The molecule has 0 radical (unpaired) electrons. The number of nitrogens with zero attached hydrogens (tertiary/aromatic N) is 1. The lowest BCUT2D eigenvalue weighted by Crippen LogP contribution is -2.02. The smallest absolute Gasteiger partial charge is 0.128 e. The van der Waals surface area contributed by atoms with Gasteiger partial charge in [0.1, 0.15) is 5.75 Å². The molecule has 0 atom stereocenters. The minimum Gasteiger partial charge on any atom is -0.496 e. The summed E-state index contributed by atoms with van der Waals surface area (Å²) in [4.78, 5) is 0. The van der Waals surface area contributed by atoms with Crippen LogP contribution in [0.2, 0.25) is 0 Å². The zero-order valence-electron chi connectivity index (χ0n) is 10.9. The lowest BCUT2D eigenvalue weighted by Gasteiger charge is -2.07. The van der Waals surface area contributed by atoms with E-state index in [2.05, 4.69) is 29.3 Å². The van der Waals surface area contributed by atoms with Crippen molar-refractivity contribution < 1.29 is 4.74 Å². The van der Waals surface area contributed by atoms with Crippen molar-refractivity contribution in [1.29, 1.82) is 0 Å². The minimum absolute atomic E-state index is 0.619. The van der Waals surface area contributed by atoms with Gasteiger partial charge in [-0.1, -0.05) is 13.0 Å². The first-order chi connectivity index (χ1) is 8.78. The van der Waals surface area contributed by atoms with Crippen LogP contribution < -0.4 is 10.5 Å². The van der Waals surface area contributed by atoms with E-state index in [4.69, 9.17) is 10.5 Å². The van der Waals surface area contributed by atoms with Crippen molar-refractivity contribution in [3.63, 3.8) is 0 Å². The molecule has 1 aromatic heterocycles. The van der Waals surface area contributed by atoms with Crippen LogP contribution in [0.1, 0.15) is 18.2 Å². The average Bonchev–Trinajstić information content (AvgIpc) is 2.87. The quantitative estimate of drug-likeness (QED) is 0.848. The topological polar surface area (TPSA) is 63.9 Å². The van der Waals surface area contributed by atoms with Gasteiger partial charge < -0.3 is 10.5 Å². The van der Waals surface area contributed by atoms with Gasteiger partial charge in [-0.05, 0) is 36.7 Å². The molecule has 1 aromatic carbocycles. The third kappa shape index (κ3) is 2.54. The molecular formula is C14H19N3O. The molecule has 0 bridgehead atoms. The van der Waals surface area contributed by atoms with Gasteiger partial charge in [0, 0.05) is 17.7 Å². The maximum Gasteiger partial charge on any atom is 0.128 e. The Morgan fingerprint density at radius 1 is 1.33 bits per heavy atom. The van der Waals surface area contributed by atoms with Gasteiger partial charge in [0.05, 0.1) is 12.8 Å². The Hall–Kier alpha value is -1.81. The van der Waals surface area contributed by atoms with Crippen LogP contribution in [-0.4, -0.2) is 23.9 Å². The number of aromatic nitrogens is 2. The summed E-state index contributed by atoms with van der Waals surface area (Å²) >= 11 is 0. The molecule has 1 heterocycles. The van der Waals surface area contributed by atoms with Crippen LogP contribution in [0, 0.1) is 0 Å². The second-order valence-corrected chi connectivity index (χ2v) is 4.21. The molecule has 2 aromatic rings. The van der Waals surface area contributed by atoms with E-state index in [0.29, 0.717) is 6.54 Å². The SMILES string of the molecule is CCc1ccc(OC)c(-c2cc(CCN)[nH]n2)c1. The fraction of sp³-hybridized carbons (Fsp3) is 0.357. The number of ether oxygens (including phenoxy) is 1. The van der Waals surface area contributed by atoms with E-state index >= 15 is 0 Å². The lowest BCUT2D eigenvalue weighted by molar-refractivity contribution is 0.416. The number of aryl methyl sites for hydroxylation is 1. The van der Waals surface area contributed by atoms with Crippen molar-refractivity contribution in [1.82, 2.24) is 10.2 Å². The number of hydrogen-bond donors (Lipinski definition) is 2. The predicted molar refractivity (Wildman–Crippen MR) is 72.7 cm³/mol. The molecule has 0 saturated heterocycles. The number of H-pyrrole nitrogens is 1. The third-order valence-corrected chi connectivity index (χ3v) is 2.99. The maximum absolute atomic E-state index is 5.54. The first-order valence-electron chi connectivity index (χ1n) is 6.20. The van der Waals surface area contributed by atoms with Crippen LogP contribution in [0.25, 0.3) is 11.3 Å². The van der Waals surface area contributed by atoms with Crippen LogP contribution in [0.4, 0.5) is 0 Å². The number of rotatable bonds is 5. The van der Waals surface area contributed by atoms with Crippen molar-refractivity contribution in [3.05, 3.63) is 35.5 Å². The van der Waals surface area contributed by atoms with Gasteiger partial charge in [0.15, 0.2) is 0 Å². The summed E-state index contributed by atoms with van der Waals surface area (Å²) in [6.45, 7) is 2.75. The Bertz CT molecular complexity index is 520. The molecule has 4 heteroatoms. The molecular weight excluding hydrogens is 226 g/mol. The Kier molecular flexibility index (Phi) is 3.99. The largest absolute Gasteiger partial charge is 0.496 e. The highest BCUT2D eigenvalue weighted by molar-refractivity contribution is 5.68. The number of nitrogens with one attached hydrogen (secondary N) is 1. The Balaban J connectivity index is 2.40. The molecule has 96 valence electrons. The Morgan fingerprint density at radius 2 is 2.17 bits per heavy atom. The first kappa shape index (κ1) is 12.6. The van der Waals surface area contributed by atoms with Crippen molar-refractivity contribution in [2.75, 3.05) is 13.7 Å². The van der Waals surface area contributed by atoms with Gasteiger partial charge >= 0.3 is 0 Å². The second kappa shape index (κ2) is 5.69. The number of nitrogens with two attached hydrogens (primary N) is 1. The monoisotopic (exact) mass is 245 g/mol. The highest BCUT2D eigenvalue weighted by Gasteiger charge is 2.10. The molecule has 0 amide bonds. The maximum atomic E-state index is 5.54. The van der Waals surface area contributed by atoms with Gasteiger partial charge in [-0.15, -0.1) is 0 Å². The summed E-state index contributed by atoms with van der Waals surface area (Å²) < 4.78 is 5.39. The van der Waals surface area contributed by atoms with Crippen molar-refractivity contribution in [3.8, 4) is 17.0 Å². The van der Waals surface area contributed by atoms with E-state index < -0.39 is 0 Å². The average molecular weight is 245 g/mol. The lowest BCUT2D eigenvalue weighted by atomic mass is 10.0. The normalized spacial score (nSPS) is 10.6. The van der Waals surface area contributed by atoms with Crippen molar-refractivity contribution in [2.24, 2.45) is 5.73 Å². The minimum atomic E-state index is 0.619. The number of methoxy groups -OCH3 is 1. The number of benzene rings is 1. The van der Waals surface area contributed by atoms with E-state index in [-0.39, 0.29) is 0 Å². The number of aromatic amines is 1. The summed E-state index contributed by atoms with van der Waals surface area (Å²) in [5.74, 6) is 0.845.